The second-order valence-corrected chi connectivity index (χ2v) is 6.11. The van der Waals surface area contributed by atoms with Crippen LogP contribution in [0, 0.1) is 13.8 Å². The summed E-state index contributed by atoms with van der Waals surface area (Å²) >= 11 is 0. The van der Waals surface area contributed by atoms with Crippen LogP contribution in [0.15, 0.2) is 36.4 Å². The summed E-state index contributed by atoms with van der Waals surface area (Å²) in [7, 11) is 4.47. The first-order chi connectivity index (χ1) is 12.4. The van der Waals surface area contributed by atoms with Crippen molar-refractivity contribution in [1.82, 2.24) is 0 Å². The summed E-state index contributed by atoms with van der Waals surface area (Å²) < 4.78 is 15.5. The Bertz CT molecular complexity index is 776. The van der Waals surface area contributed by atoms with Crippen LogP contribution in [-0.2, 0) is 16.0 Å². The van der Waals surface area contributed by atoms with Crippen LogP contribution in [0.1, 0.15) is 16.7 Å². The zero-order chi connectivity index (χ0) is 19.3. The van der Waals surface area contributed by atoms with E-state index in [1.54, 1.807) is 32.4 Å². The Kier molecular flexibility index (Phi) is 6.46. The third-order valence-corrected chi connectivity index (χ3v) is 4.47. The van der Waals surface area contributed by atoms with Gasteiger partial charge >= 0.3 is 5.97 Å². The molecule has 0 heterocycles. The number of benzene rings is 2. The van der Waals surface area contributed by atoms with Crippen LogP contribution < -0.4 is 20.3 Å². The molecule has 2 N–H and O–H groups in total. The third-order valence-electron chi connectivity index (χ3n) is 4.47. The maximum Gasteiger partial charge on any atom is 0.330 e. The lowest BCUT2D eigenvalue weighted by molar-refractivity contribution is -0.142. The van der Waals surface area contributed by atoms with Gasteiger partial charge in [-0.05, 0) is 42.7 Å². The average molecular weight is 358 g/mol. The number of hydrogen-bond donors (Lipinski definition) is 1. The monoisotopic (exact) mass is 358 g/mol. The highest BCUT2D eigenvalue weighted by molar-refractivity contribution is 5.80. The molecule has 0 aliphatic carbocycles. The number of hydrogen-bond acceptors (Lipinski definition) is 6. The second-order valence-electron chi connectivity index (χ2n) is 6.11. The van der Waals surface area contributed by atoms with Crippen molar-refractivity contribution in [3.05, 3.63) is 53.1 Å². The Morgan fingerprint density at radius 2 is 1.69 bits per heavy atom. The molecule has 0 bridgehead atoms. The standard InChI is InChI=1S/C20H26N2O4/c1-13-6-7-15(10-14(13)2)11-17(20(23)26-5)22(21)16-8-9-18(24-3)19(12-16)25-4/h6-10,12,17H,11,21H2,1-5H3. The molecule has 140 valence electrons. The van der Waals surface area contributed by atoms with E-state index in [-0.39, 0.29) is 0 Å². The van der Waals surface area contributed by atoms with E-state index in [0.29, 0.717) is 23.6 Å². The number of aryl methyl sites for hydroxylation is 2. The molecular weight excluding hydrogens is 332 g/mol. The minimum absolute atomic E-state index is 0.402. The van der Waals surface area contributed by atoms with E-state index in [0.717, 1.165) is 5.56 Å². The number of anilines is 1. The summed E-state index contributed by atoms with van der Waals surface area (Å²) in [4.78, 5) is 12.4. The molecule has 0 amide bonds. The van der Waals surface area contributed by atoms with E-state index in [1.807, 2.05) is 19.1 Å². The van der Waals surface area contributed by atoms with Crippen LogP contribution in [0.25, 0.3) is 0 Å². The normalized spacial score (nSPS) is 11.6. The van der Waals surface area contributed by atoms with E-state index < -0.39 is 12.0 Å². The number of esters is 1. The quantitative estimate of drug-likeness (QED) is 0.466. The number of carbonyl (C=O) groups excluding carboxylic acids is 1. The maximum atomic E-state index is 12.4. The number of carbonyl (C=O) groups is 1. The fraction of sp³-hybridized carbons (Fsp3) is 0.350. The lowest BCUT2D eigenvalue weighted by atomic mass is 10.0. The SMILES string of the molecule is COC(=O)C(Cc1ccc(C)c(C)c1)N(N)c1ccc(OC)c(OC)c1. The molecule has 1 atom stereocenters. The smallest absolute Gasteiger partial charge is 0.330 e. The molecule has 26 heavy (non-hydrogen) atoms. The van der Waals surface area contributed by atoms with Gasteiger partial charge in [0.2, 0.25) is 0 Å². The van der Waals surface area contributed by atoms with Gasteiger partial charge < -0.3 is 14.2 Å². The van der Waals surface area contributed by atoms with Gasteiger partial charge in [0.1, 0.15) is 6.04 Å². The van der Waals surface area contributed by atoms with Crippen LogP contribution >= 0.6 is 0 Å². The number of ether oxygens (including phenoxy) is 3. The third kappa shape index (κ3) is 4.26. The summed E-state index contributed by atoms with van der Waals surface area (Å²) in [5.74, 6) is 7.01. The molecule has 0 aromatic heterocycles. The lowest BCUT2D eigenvalue weighted by Gasteiger charge is -2.28. The molecule has 0 aliphatic rings. The zero-order valence-electron chi connectivity index (χ0n) is 15.9. The molecular formula is C20H26N2O4. The van der Waals surface area contributed by atoms with Crippen molar-refractivity contribution in [2.45, 2.75) is 26.3 Å². The van der Waals surface area contributed by atoms with Gasteiger partial charge in [0, 0.05) is 12.5 Å². The number of methoxy groups -OCH3 is 3. The van der Waals surface area contributed by atoms with E-state index in [9.17, 15) is 4.79 Å². The predicted molar refractivity (Wildman–Crippen MR) is 102 cm³/mol. The Morgan fingerprint density at radius 1 is 1.00 bits per heavy atom. The van der Waals surface area contributed by atoms with E-state index in [2.05, 4.69) is 13.0 Å². The summed E-state index contributed by atoms with van der Waals surface area (Å²) in [5, 5.41) is 1.41. The van der Waals surface area contributed by atoms with Crippen molar-refractivity contribution < 1.29 is 19.0 Å². The van der Waals surface area contributed by atoms with E-state index in [1.165, 1.54) is 23.2 Å². The van der Waals surface area contributed by atoms with Crippen LogP contribution in [-0.4, -0.2) is 33.3 Å². The molecule has 1 unspecified atom stereocenters. The summed E-state index contributed by atoms with van der Waals surface area (Å²) in [6, 6.07) is 10.7. The molecule has 2 aromatic rings. The lowest BCUT2D eigenvalue weighted by Crippen LogP contribution is -2.48. The molecule has 2 rings (SSSR count). The highest BCUT2D eigenvalue weighted by Gasteiger charge is 2.26. The minimum atomic E-state index is -0.666. The van der Waals surface area contributed by atoms with Crippen LogP contribution in [0.3, 0.4) is 0 Å². The number of hydrazine groups is 1. The predicted octanol–water partition coefficient (Wildman–Crippen LogP) is 2.79. The first-order valence-electron chi connectivity index (χ1n) is 8.31. The van der Waals surface area contributed by atoms with E-state index in [4.69, 9.17) is 20.1 Å². The molecule has 0 aliphatic heterocycles. The fourth-order valence-electron chi connectivity index (χ4n) is 2.75. The van der Waals surface area contributed by atoms with Crippen molar-refractivity contribution in [3.8, 4) is 11.5 Å². The van der Waals surface area contributed by atoms with Crippen LogP contribution in [0.4, 0.5) is 5.69 Å². The molecule has 0 fully saturated rings. The van der Waals surface area contributed by atoms with Gasteiger partial charge in [-0.25, -0.2) is 10.6 Å². The van der Waals surface area contributed by atoms with Gasteiger partial charge in [0.05, 0.1) is 27.0 Å². The van der Waals surface area contributed by atoms with Crippen molar-refractivity contribution in [2.75, 3.05) is 26.3 Å². The van der Waals surface area contributed by atoms with Gasteiger partial charge in [-0.15, -0.1) is 0 Å². The molecule has 0 radical (unpaired) electrons. The molecule has 6 nitrogen and oxygen atoms in total. The molecule has 6 heteroatoms. The topological polar surface area (TPSA) is 74.0 Å². The first kappa shape index (κ1) is 19.6. The van der Waals surface area contributed by atoms with Gasteiger partial charge in [0.25, 0.3) is 0 Å². The average Bonchev–Trinajstić information content (AvgIpc) is 2.67. The van der Waals surface area contributed by atoms with Gasteiger partial charge in [0.15, 0.2) is 11.5 Å². The molecule has 0 spiro atoms. The summed E-state index contributed by atoms with van der Waals surface area (Å²) in [6.07, 6.45) is 0.429. The summed E-state index contributed by atoms with van der Waals surface area (Å²) in [6.45, 7) is 4.09. The van der Waals surface area contributed by atoms with Crippen molar-refractivity contribution in [2.24, 2.45) is 5.84 Å². The first-order valence-corrected chi connectivity index (χ1v) is 8.31. The highest BCUT2D eigenvalue weighted by Crippen LogP contribution is 2.31. The number of rotatable bonds is 7. The Balaban J connectivity index is 2.33. The van der Waals surface area contributed by atoms with Gasteiger partial charge in [-0.3, -0.25) is 5.01 Å². The van der Waals surface area contributed by atoms with Crippen LogP contribution in [0.2, 0.25) is 0 Å². The Hall–Kier alpha value is -2.73. The zero-order valence-corrected chi connectivity index (χ0v) is 15.9. The Morgan fingerprint density at radius 3 is 2.27 bits per heavy atom. The maximum absolute atomic E-state index is 12.4. The van der Waals surface area contributed by atoms with Gasteiger partial charge in [-0.2, -0.15) is 0 Å². The number of nitrogens with two attached hydrogens (primary N) is 1. The highest BCUT2D eigenvalue weighted by atomic mass is 16.5. The largest absolute Gasteiger partial charge is 0.493 e. The van der Waals surface area contributed by atoms with Gasteiger partial charge in [-0.1, -0.05) is 18.2 Å². The Labute approximate surface area is 154 Å². The second kappa shape index (κ2) is 8.58. The molecule has 2 aromatic carbocycles. The summed E-state index contributed by atoms with van der Waals surface area (Å²) in [5.41, 5.74) is 4.01. The van der Waals surface area contributed by atoms with Crippen molar-refractivity contribution in [1.29, 1.82) is 0 Å². The molecule has 0 saturated heterocycles. The van der Waals surface area contributed by atoms with Crippen LogP contribution in [0.5, 0.6) is 11.5 Å². The van der Waals surface area contributed by atoms with Crippen molar-refractivity contribution in [3.63, 3.8) is 0 Å². The fourth-order valence-corrected chi connectivity index (χ4v) is 2.75. The van der Waals surface area contributed by atoms with E-state index >= 15 is 0 Å². The molecule has 0 saturated carbocycles. The minimum Gasteiger partial charge on any atom is -0.493 e. The van der Waals surface area contributed by atoms with Crippen molar-refractivity contribution >= 4 is 11.7 Å². The number of nitrogens with zero attached hydrogens (tertiary/aromatic N) is 1.